The molecule has 2 aromatic rings. The smallest absolute Gasteiger partial charge is 0.247 e. The van der Waals surface area contributed by atoms with Crippen LogP contribution in [0.2, 0.25) is 0 Å². The first-order valence-electron chi connectivity index (χ1n) is 10.6. The number of nitrogens with one attached hydrogen (secondary N) is 1. The van der Waals surface area contributed by atoms with Crippen molar-refractivity contribution in [2.75, 3.05) is 13.0 Å². The standard InChI is InChI=1S/C24H28ClFN2O3/c1-31-21-13-9-18(10-14-21)23(24(30)27-20-5-3-2-4-6-20)28(22(29)15-25)16-17-7-11-19(26)12-8-17/h7-14,20,23H,2-6,15-16H2,1H3,(H,27,30). The van der Waals surface area contributed by atoms with Crippen molar-refractivity contribution in [2.45, 2.75) is 50.7 Å². The summed E-state index contributed by atoms with van der Waals surface area (Å²) in [5.74, 6) is -0.571. The second-order valence-electron chi connectivity index (χ2n) is 7.80. The number of hydrogen-bond acceptors (Lipinski definition) is 3. The molecule has 1 atom stereocenters. The van der Waals surface area contributed by atoms with Crippen LogP contribution in [0.15, 0.2) is 48.5 Å². The summed E-state index contributed by atoms with van der Waals surface area (Å²) in [6, 6.07) is 12.2. The van der Waals surface area contributed by atoms with Crippen LogP contribution in [0, 0.1) is 5.82 Å². The Morgan fingerprint density at radius 2 is 1.74 bits per heavy atom. The molecule has 1 aliphatic rings. The van der Waals surface area contributed by atoms with E-state index in [2.05, 4.69) is 5.32 Å². The Bertz CT molecular complexity index is 867. The Labute approximate surface area is 187 Å². The van der Waals surface area contributed by atoms with E-state index in [0.717, 1.165) is 25.7 Å². The lowest BCUT2D eigenvalue weighted by atomic mass is 9.94. The number of hydrogen-bond donors (Lipinski definition) is 1. The van der Waals surface area contributed by atoms with Crippen LogP contribution in [0.25, 0.3) is 0 Å². The molecule has 0 saturated heterocycles. The predicted molar refractivity (Wildman–Crippen MR) is 118 cm³/mol. The summed E-state index contributed by atoms with van der Waals surface area (Å²) in [5.41, 5.74) is 1.37. The van der Waals surface area contributed by atoms with E-state index < -0.39 is 6.04 Å². The van der Waals surface area contributed by atoms with E-state index in [1.165, 1.54) is 23.5 Å². The van der Waals surface area contributed by atoms with Gasteiger partial charge in [0.25, 0.3) is 0 Å². The van der Waals surface area contributed by atoms with Gasteiger partial charge in [0, 0.05) is 12.6 Å². The van der Waals surface area contributed by atoms with E-state index >= 15 is 0 Å². The topological polar surface area (TPSA) is 58.6 Å². The van der Waals surface area contributed by atoms with Gasteiger partial charge in [-0.2, -0.15) is 0 Å². The second-order valence-corrected chi connectivity index (χ2v) is 8.07. The highest BCUT2D eigenvalue weighted by Crippen LogP contribution is 2.27. The number of carbonyl (C=O) groups excluding carboxylic acids is 2. The number of rotatable bonds is 8. The summed E-state index contributed by atoms with van der Waals surface area (Å²) in [6.07, 6.45) is 5.21. The van der Waals surface area contributed by atoms with Crippen LogP contribution in [0.5, 0.6) is 5.75 Å². The van der Waals surface area contributed by atoms with Gasteiger partial charge in [-0.3, -0.25) is 9.59 Å². The number of halogens is 2. The molecule has 2 amide bonds. The minimum absolute atomic E-state index is 0.0979. The molecular weight excluding hydrogens is 419 g/mol. The van der Waals surface area contributed by atoms with Gasteiger partial charge in [0.1, 0.15) is 23.5 Å². The molecule has 2 aromatic carbocycles. The van der Waals surface area contributed by atoms with Crippen LogP contribution < -0.4 is 10.1 Å². The Balaban J connectivity index is 1.93. The first kappa shape index (κ1) is 23.1. The Morgan fingerprint density at radius 3 is 2.32 bits per heavy atom. The van der Waals surface area contributed by atoms with Gasteiger partial charge in [-0.25, -0.2) is 4.39 Å². The van der Waals surface area contributed by atoms with Crippen molar-refractivity contribution in [1.82, 2.24) is 10.2 Å². The van der Waals surface area contributed by atoms with Crippen LogP contribution in [0.4, 0.5) is 4.39 Å². The van der Waals surface area contributed by atoms with Crippen molar-refractivity contribution in [2.24, 2.45) is 0 Å². The summed E-state index contributed by atoms with van der Waals surface area (Å²) in [7, 11) is 1.57. The van der Waals surface area contributed by atoms with Crippen LogP contribution in [-0.2, 0) is 16.1 Å². The highest BCUT2D eigenvalue weighted by Gasteiger charge is 2.32. The van der Waals surface area contributed by atoms with Crippen molar-refractivity contribution in [3.8, 4) is 5.75 Å². The molecule has 1 unspecified atom stereocenters. The molecule has 1 aliphatic carbocycles. The number of nitrogens with zero attached hydrogens (tertiary/aromatic N) is 1. The van der Waals surface area contributed by atoms with E-state index in [-0.39, 0.29) is 36.1 Å². The van der Waals surface area contributed by atoms with Crippen molar-refractivity contribution in [3.05, 3.63) is 65.5 Å². The van der Waals surface area contributed by atoms with Crippen LogP contribution >= 0.6 is 11.6 Å². The Kier molecular flexibility index (Phi) is 8.29. The quantitative estimate of drug-likeness (QED) is 0.603. The summed E-state index contributed by atoms with van der Waals surface area (Å²) in [6.45, 7) is 0.139. The van der Waals surface area contributed by atoms with Crippen molar-refractivity contribution >= 4 is 23.4 Å². The average Bonchev–Trinajstić information content (AvgIpc) is 2.80. The lowest BCUT2D eigenvalue weighted by Gasteiger charge is -2.33. The number of ether oxygens (including phenoxy) is 1. The first-order chi connectivity index (χ1) is 15.0. The molecule has 3 rings (SSSR count). The molecule has 7 heteroatoms. The largest absolute Gasteiger partial charge is 0.497 e. The fourth-order valence-corrected chi connectivity index (χ4v) is 4.13. The van der Waals surface area contributed by atoms with Gasteiger partial charge in [0.2, 0.25) is 11.8 Å². The van der Waals surface area contributed by atoms with Crippen molar-refractivity contribution in [3.63, 3.8) is 0 Å². The minimum Gasteiger partial charge on any atom is -0.497 e. The fraction of sp³-hybridized carbons (Fsp3) is 0.417. The van der Waals surface area contributed by atoms with Gasteiger partial charge in [-0.05, 0) is 48.2 Å². The lowest BCUT2D eigenvalue weighted by molar-refractivity contribution is -0.140. The molecule has 0 heterocycles. The number of amides is 2. The molecule has 1 fully saturated rings. The molecule has 0 aromatic heterocycles. The predicted octanol–water partition coefficient (Wildman–Crippen LogP) is 4.59. The van der Waals surface area contributed by atoms with Crippen LogP contribution in [0.3, 0.4) is 0 Å². The van der Waals surface area contributed by atoms with E-state index in [4.69, 9.17) is 16.3 Å². The normalized spacial score (nSPS) is 15.2. The minimum atomic E-state index is -0.857. The van der Waals surface area contributed by atoms with Gasteiger partial charge in [-0.15, -0.1) is 11.6 Å². The molecule has 1 saturated carbocycles. The van der Waals surface area contributed by atoms with Gasteiger partial charge in [0.15, 0.2) is 0 Å². The molecule has 0 radical (unpaired) electrons. The number of methoxy groups -OCH3 is 1. The third-order valence-electron chi connectivity index (χ3n) is 5.64. The van der Waals surface area contributed by atoms with E-state index in [1.807, 2.05) is 0 Å². The number of alkyl halides is 1. The number of carbonyl (C=O) groups is 2. The van der Waals surface area contributed by atoms with E-state index in [9.17, 15) is 14.0 Å². The molecule has 31 heavy (non-hydrogen) atoms. The lowest BCUT2D eigenvalue weighted by Crippen LogP contribution is -2.47. The molecule has 0 bridgehead atoms. The maximum absolute atomic E-state index is 13.4. The molecule has 1 N–H and O–H groups in total. The highest BCUT2D eigenvalue weighted by molar-refractivity contribution is 6.27. The third-order valence-corrected chi connectivity index (χ3v) is 5.87. The van der Waals surface area contributed by atoms with Crippen molar-refractivity contribution in [1.29, 1.82) is 0 Å². The van der Waals surface area contributed by atoms with Gasteiger partial charge in [0.05, 0.1) is 7.11 Å². The summed E-state index contributed by atoms with van der Waals surface area (Å²) < 4.78 is 18.6. The van der Waals surface area contributed by atoms with Crippen LogP contribution in [-0.4, -0.2) is 35.7 Å². The maximum Gasteiger partial charge on any atom is 0.247 e. The van der Waals surface area contributed by atoms with E-state index in [0.29, 0.717) is 16.9 Å². The number of benzene rings is 2. The van der Waals surface area contributed by atoms with Crippen LogP contribution in [0.1, 0.15) is 49.3 Å². The first-order valence-corrected chi connectivity index (χ1v) is 11.1. The highest BCUT2D eigenvalue weighted by atomic mass is 35.5. The SMILES string of the molecule is COc1ccc(C(C(=O)NC2CCCCC2)N(Cc2ccc(F)cc2)C(=O)CCl)cc1. The summed E-state index contributed by atoms with van der Waals surface area (Å²) in [5, 5.41) is 3.13. The zero-order valence-corrected chi connectivity index (χ0v) is 18.4. The van der Waals surface area contributed by atoms with Crippen molar-refractivity contribution < 1.29 is 18.7 Å². The van der Waals surface area contributed by atoms with Gasteiger partial charge in [-0.1, -0.05) is 43.5 Å². The molecule has 166 valence electrons. The Hall–Kier alpha value is -2.60. The average molecular weight is 447 g/mol. The zero-order valence-electron chi connectivity index (χ0n) is 17.7. The molecule has 0 aliphatic heterocycles. The summed E-state index contributed by atoms with van der Waals surface area (Å²) >= 11 is 5.91. The van der Waals surface area contributed by atoms with E-state index in [1.54, 1.807) is 43.5 Å². The third kappa shape index (κ3) is 6.20. The molecular formula is C24H28ClFN2O3. The zero-order chi connectivity index (χ0) is 22.2. The monoisotopic (exact) mass is 446 g/mol. The molecule has 5 nitrogen and oxygen atoms in total. The van der Waals surface area contributed by atoms with Gasteiger partial charge >= 0.3 is 0 Å². The second kappa shape index (κ2) is 11.1. The summed E-state index contributed by atoms with van der Waals surface area (Å²) in [4.78, 5) is 27.7. The Morgan fingerprint density at radius 1 is 1.10 bits per heavy atom. The van der Waals surface area contributed by atoms with Gasteiger partial charge < -0.3 is 15.0 Å². The maximum atomic E-state index is 13.4. The molecule has 0 spiro atoms. The fourth-order valence-electron chi connectivity index (χ4n) is 3.97.